The summed E-state index contributed by atoms with van der Waals surface area (Å²) in [6.07, 6.45) is 0.296. The monoisotopic (exact) mass is 454 g/mol. The summed E-state index contributed by atoms with van der Waals surface area (Å²) in [6, 6.07) is 0. The SMILES string of the molecule is CC1(C)CN2CC(C)(C)[N-]C2[N-]1.CC1(C)CN2CC(C)(C)[N-]C2[N-]1.[CH3-].[CH3-].[Zr]. The number of hydrogen-bond acceptors (Lipinski definition) is 2. The van der Waals surface area contributed by atoms with E-state index in [-0.39, 0.29) is 75.8 Å². The van der Waals surface area contributed by atoms with Crippen molar-refractivity contribution in [2.75, 3.05) is 26.2 Å². The van der Waals surface area contributed by atoms with Crippen molar-refractivity contribution in [2.45, 2.75) is 90.1 Å². The van der Waals surface area contributed by atoms with Gasteiger partial charge in [-0.05, 0) is 26.2 Å². The van der Waals surface area contributed by atoms with Gasteiger partial charge in [-0.15, -0.1) is 22.2 Å². The van der Waals surface area contributed by atoms with Crippen LogP contribution in [0.2, 0.25) is 0 Å². The average Bonchev–Trinajstić information content (AvgIpc) is 2.89. The summed E-state index contributed by atoms with van der Waals surface area (Å²) in [5, 5.41) is 18.5. The summed E-state index contributed by atoms with van der Waals surface area (Å²) in [7, 11) is 0. The minimum absolute atomic E-state index is 0. The van der Waals surface area contributed by atoms with Gasteiger partial charge in [-0.1, -0.05) is 55.4 Å². The van der Waals surface area contributed by atoms with Gasteiger partial charge in [0.15, 0.2) is 0 Å². The predicted octanol–water partition coefficient (Wildman–Crippen LogP) is 4.71. The van der Waals surface area contributed by atoms with Gasteiger partial charge in [-0.25, -0.2) is 0 Å². The minimum Gasteiger partial charge on any atom is -0.659 e. The van der Waals surface area contributed by atoms with Crippen LogP contribution in [0, 0.1) is 14.9 Å². The van der Waals surface area contributed by atoms with E-state index in [0.717, 1.165) is 26.2 Å². The Bertz CT molecular complexity index is 371. The third kappa shape index (κ3) is 6.84. The molecule has 27 heavy (non-hydrogen) atoms. The van der Waals surface area contributed by atoms with Gasteiger partial charge in [0.05, 0.1) is 0 Å². The Morgan fingerprint density at radius 1 is 0.519 bits per heavy atom. The second kappa shape index (κ2) is 8.79. The van der Waals surface area contributed by atoms with Crippen molar-refractivity contribution >= 4 is 0 Å². The van der Waals surface area contributed by atoms with Gasteiger partial charge < -0.3 is 45.9 Å². The molecule has 0 radical (unpaired) electrons. The third-order valence-corrected chi connectivity index (χ3v) is 4.87. The first-order valence-corrected chi connectivity index (χ1v) is 9.12. The van der Waals surface area contributed by atoms with Crippen molar-refractivity contribution < 1.29 is 26.2 Å². The molecule has 0 spiro atoms. The Hall–Kier alpha value is 0.643. The van der Waals surface area contributed by atoms with E-state index in [1.165, 1.54) is 0 Å². The molecule has 0 aromatic rings. The Morgan fingerprint density at radius 3 is 0.852 bits per heavy atom. The van der Waals surface area contributed by atoms with Crippen molar-refractivity contribution in [1.29, 1.82) is 0 Å². The second-order valence-corrected chi connectivity index (χ2v) is 10.3. The predicted molar refractivity (Wildman–Crippen MR) is 113 cm³/mol. The van der Waals surface area contributed by atoms with Gasteiger partial charge >= 0.3 is 0 Å². The molecule has 4 aliphatic rings. The molecule has 0 aromatic heterocycles. The van der Waals surface area contributed by atoms with Crippen LogP contribution in [0.15, 0.2) is 0 Å². The van der Waals surface area contributed by atoms with Crippen LogP contribution in [-0.4, -0.2) is 70.7 Å². The molecule has 4 fully saturated rings. The van der Waals surface area contributed by atoms with Crippen molar-refractivity contribution in [3.05, 3.63) is 36.1 Å². The van der Waals surface area contributed by atoms with Crippen molar-refractivity contribution in [3.8, 4) is 0 Å². The van der Waals surface area contributed by atoms with Crippen LogP contribution in [0.1, 0.15) is 55.4 Å². The summed E-state index contributed by atoms with van der Waals surface area (Å²) in [4.78, 5) is 4.72. The molecule has 0 aliphatic carbocycles. The molecule has 4 rings (SSSR count). The van der Waals surface area contributed by atoms with Crippen LogP contribution < -0.4 is 0 Å². The van der Waals surface area contributed by atoms with E-state index in [0.29, 0.717) is 0 Å². The molecule has 0 saturated carbocycles. The smallest absolute Gasteiger partial charge is 0 e. The molecule has 0 bridgehead atoms. The summed E-state index contributed by atoms with van der Waals surface area (Å²) >= 11 is 0. The van der Waals surface area contributed by atoms with E-state index in [4.69, 9.17) is 0 Å². The molecular weight excluding hydrogens is 415 g/mol. The van der Waals surface area contributed by atoms with E-state index in [1.807, 2.05) is 0 Å². The molecule has 4 heterocycles. The molecule has 0 unspecified atom stereocenters. The van der Waals surface area contributed by atoms with E-state index >= 15 is 0 Å². The average molecular weight is 456 g/mol. The first kappa shape index (κ1) is 27.6. The van der Waals surface area contributed by atoms with Gasteiger partial charge in [0.2, 0.25) is 0 Å². The van der Waals surface area contributed by atoms with E-state index < -0.39 is 0 Å². The zero-order valence-corrected chi connectivity index (χ0v) is 21.6. The Morgan fingerprint density at radius 2 is 0.704 bits per heavy atom. The summed E-state index contributed by atoms with van der Waals surface area (Å²) < 4.78 is 0. The van der Waals surface area contributed by atoms with Crippen molar-refractivity contribution in [1.82, 2.24) is 9.80 Å². The standard InChI is InChI=1S/2C9H17N3.2CH3.Zr/c2*1-8(2)5-12-6-9(3,4)11-7(12)10-8;;;/h2*7H,5-6H2,1-4H3;2*1H3;/q2*-2;2*-1;. The maximum Gasteiger partial charge on any atom is 0 e. The fourth-order valence-electron chi connectivity index (χ4n) is 4.22. The van der Waals surface area contributed by atoms with E-state index in [2.05, 4.69) is 86.5 Å². The van der Waals surface area contributed by atoms with E-state index in [9.17, 15) is 0 Å². The summed E-state index contributed by atoms with van der Waals surface area (Å²) in [5.41, 5.74) is 0.463. The molecule has 160 valence electrons. The van der Waals surface area contributed by atoms with Gasteiger partial charge in [0.25, 0.3) is 0 Å². The van der Waals surface area contributed by atoms with Gasteiger partial charge in [-0.3, -0.25) is 0 Å². The molecule has 0 atom stereocenters. The van der Waals surface area contributed by atoms with Crippen LogP contribution in [0.3, 0.4) is 0 Å². The summed E-state index contributed by atoms with van der Waals surface area (Å²) in [6.45, 7) is 21.6. The molecule has 0 amide bonds. The Labute approximate surface area is 188 Å². The molecule has 0 N–H and O–H groups in total. The second-order valence-electron chi connectivity index (χ2n) is 10.3. The molecule has 6 nitrogen and oxygen atoms in total. The topological polar surface area (TPSA) is 62.9 Å². The Kier molecular flexibility index (Phi) is 9.00. The van der Waals surface area contributed by atoms with Crippen LogP contribution in [0.25, 0.3) is 21.3 Å². The first-order valence-electron chi connectivity index (χ1n) is 9.12. The van der Waals surface area contributed by atoms with Gasteiger partial charge in [0.1, 0.15) is 0 Å². The number of rotatable bonds is 0. The van der Waals surface area contributed by atoms with Crippen molar-refractivity contribution in [2.24, 2.45) is 0 Å². The molecule has 4 aliphatic heterocycles. The minimum atomic E-state index is 0. The third-order valence-electron chi connectivity index (χ3n) is 4.87. The normalized spacial score (nSPS) is 30.2. The zero-order valence-electron chi connectivity index (χ0n) is 19.2. The maximum atomic E-state index is 4.64. The molecule has 4 saturated heterocycles. The Balaban J connectivity index is 0.000000451. The van der Waals surface area contributed by atoms with Crippen LogP contribution >= 0.6 is 0 Å². The van der Waals surface area contributed by atoms with E-state index in [1.54, 1.807) is 0 Å². The largest absolute Gasteiger partial charge is 0.659 e. The van der Waals surface area contributed by atoms with Gasteiger partial charge in [0, 0.05) is 26.2 Å². The number of hydrogen-bond donors (Lipinski definition) is 0. The quantitative estimate of drug-likeness (QED) is 0.497. The van der Waals surface area contributed by atoms with Crippen LogP contribution in [0.5, 0.6) is 0 Å². The van der Waals surface area contributed by atoms with Gasteiger partial charge in [-0.2, -0.15) is 12.6 Å². The van der Waals surface area contributed by atoms with Crippen LogP contribution in [-0.2, 0) is 26.2 Å². The molecule has 0 aromatic carbocycles. The molecule has 7 heteroatoms. The number of fused-ring (bicyclic) bond motifs is 2. The summed E-state index contributed by atoms with van der Waals surface area (Å²) in [5.74, 6) is 0. The number of nitrogens with zero attached hydrogens (tertiary/aromatic N) is 6. The maximum absolute atomic E-state index is 4.64. The fraction of sp³-hybridized carbons (Fsp3) is 0.900. The fourth-order valence-corrected chi connectivity index (χ4v) is 4.22. The van der Waals surface area contributed by atoms with Crippen molar-refractivity contribution in [3.63, 3.8) is 0 Å². The first-order chi connectivity index (χ1) is 10.8. The zero-order chi connectivity index (χ0) is 18.0. The van der Waals surface area contributed by atoms with Crippen LogP contribution in [0.4, 0.5) is 0 Å². The molecular formula is C20H40N6Zr-6.